The standard InChI is InChI=1S/C20H19F3S.C20H22OS.C19H20S.C14H15F3S.C14H15NS.C13H16S/c1-12-18(19(2,3)4)16-10-7-14(11-17(16)24-12)13-5-8-15(9-6-13)20(21,22)23;1-13-19(20(2,3)4)17-11-8-15(12-18(17)22-13)14-6-9-16(21-5)10-7-14;1-13-16-11-10-15(14-8-6-5-7-9-14)12-17(16)20-18(13)19(2,3)4;1-8-10-6-5-9(14(15,16)17)7-11(10)18-12(8)13(2,3)4;1-9-11-6-5-10(8-15)7-12(11)16-13(9)14(2,3)4;1-9-10-7-5-6-8-11(10)14-12(9)13(2,3)4/h5-11H,1-4H3;6-12H,1-5H3;5-12H,1-4H3;5-7H,1-4H3;5-7H,1-4H3;5-8H,1-4H3. The molecule has 0 radical (unpaired) electrons. The van der Waals surface area contributed by atoms with E-state index in [4.69, 9.17) is 10.00 Å². The fourth-order valence-electron chi connectivity index (χ4n) is 15.1. The van der Waals surface area contributed by atoms with Crippen LogP contribution in [0.4, 0.5) is 26.3 Å². The molecule has 0 spiro atoms. The number of hydrogen-bond acceptors (Lipinski definition) is 8. The van der Waals surface area contributed by atoms with Crippen molar-refractivity contribution in [3.63, 3.8) is 0 Å². The van der Waals surface area contributed by atoms with E-state index in [-0.39, 0.29) is 32.5 Å². The lowest BCUT2D eigenvalue weighted by Crippen LogP contribution is -2.11. The van der Waals surface area contributed by atoms with Crippen LogP contribution in [0.1, 0.15) is 204 Å². The van der Waals surface area contributed by atoms with Crippen LogP contribution >= 0.6 is 68.0 Å². The number of halogens is 6. The molecule has 0 atom stereocenters. The van der Waals surface area contributed by atoms with E-state index in [1.165, 1.54) is 154 Å². The number of hydrogen-bond donors (Lipinski definition) is 0. The van der Waals surface area contributed by atoms with E-state index >= 15 is 0 Å². The lowest BCUT2D eigenvalue weighted by molar-refractivity contribution is -0.138. The highest BCUT2D eigenvalue weighted by atomic mass is 32.1. The molecule has 15 rings (SSSR count). The van der Waals surface area contributed by atoms with Crippen molar-refractivity contribution in [2.75, 3.05) is 7.11 Å². The number of methoxy groups -OCH3 is 1. The Morgan fingerprint density at radius 1 is 0.281 bits per heavy atom. The van der Waals surface area contributed by atoms with Gasteiger partial charge in [-0.2, -0.15) is 31.6 Å². The first kappa shape index (κ1) is 88.0. The van der Waals surface area contributed by atoms with Gasteiger partial charge >= 0.3 is 12.4 Å². The van der Waals surface area contributed by atoms with Crippen molar-refractivity contribution < 1.29 is 31.1 Å². The largest absolute Gasteiger partial charge is 0.497 e. The number of ether oxygens (including phenoxy) is 1. The van der Waals surface area contributed by atoms with E-state index in [1.54, 1.807) is 24.5 Å². The Labute approximate surface area is 696 Å². The number of rotatable bonds is 4. The van der Waals surface area contributed by atoms with Crippen LogP contribution in [0, 0.1) is 52.9 Å². The molecule has 6 heterocycles. The Morgan fingerprint density at radius 2 is 0.579 bits per heavy atom. The summed E-state index contributed by atoms with van der Waals surface area (Å²) in [4.78, 5) is 8.29. The van der Waals surface area contributed by atoms with Crippen LogP contribution in [0.25, 0.3) is 93.9 Å². The second kappa shape index (κ2) is 34.0. The molecule has 2 nitrogen and oxygen atoms in total. The van der Waals surface area contributed by atoms with E-state index in [9.17, 15) is 26.3 Å². The van der Waals surface area contributed by atoms with Gasteiger partial charge in [0.15, 0.2) is 0 Å². The summed E-state index contributed by atoms with van der Waals surface area (Å²) in [6.07, 6.45) is -8.57. The predicted octanol–water partition coefficient (Wildman–Crippen LogP) is 34.0. The Balaban J connectivity index is 0.000000146. The van der Waals surface area contributed by atoms with Crippen molar-refractivity contribution in [1.82, 2.24) is 0 Å². The highest BCUT2D eigenvalue weighted by Crippen LogP contribution is 2.47. The summed E-state index contributed by atoms with van der Waals surface area (Å²) < 4.78 is 88.6. The molecule has 596 valence electrons. The van der Waals surface area contributed by atoms with Gasteiger partial charge in [-0.15, -0.1) is 68.0 Å². The fraction of sp³-hybridized carbons (Fsp3) is 0.330. The maximum Gasteiger partial charge on any atom is 0.416 e. The van der Waals surface area contributed by atoms with Crippen LogP contribution < -0.4 is 4.74 Å². The van der Waals surface area contributed by atoms with Gasteiger partial charge in [0.2, 0.25) is 0 Å². The second-order valence-electron chi connectivity index (χ2n) is 35.6. The van der Waals surface area contributed by atoms with Crippen molar-refractivity contribution in [3.8, 4) is 45.2 Å². The van der Waals surface area contributed by atoms with Gasteiger partial charge < -0.3 is 4.74 Å². The first-order valence-corrected chi connectivity index (χ1v) is 43.4. The van der Waals surface area contributed by atoms with Gasteiger partial charge in [-0.3, -0.25) is 0 Å². The fourth-order valence-corrected chi connectivity index (χ4v) is 22.9. The second-order valence-corrected chi connectivity index (χ2v) is 42.3. The summed E-state index contributed by atoms with van der Waals surface area (Å²) in [5.41, 5.74) is 15.5. The summed E-state index contributed by atoms with van der Waals surface area (Å²) in [7, 11) is 1.70. The van der Waals surface area contributed by atoms with E-state index in [0.717, 1.165) is 56.5 Å². The van der Waals surface area contributed by atoms with Gasteiger partial charge in [0, 0.05) is 57.5 Å². The van der Waals surface area contributed by atoms with E-state index in [1.807, 2.05) is 82.6 Å². The third kappa shape index (κ3) is 20.3. The van der Waals surface area contributed by atoms with Gasteiger partial charge in [-0.1, -0.05) is 246 Å². The number of fused-ring (bicyclic) bond motifs is 6. The SMILES string of the molecule is COc1ccc(-c2ccc3c(C(C)(C)C)c(C)sc3c2)cc1.Cc1c(C(C)(C)C)sc2cc(-c3ccccc3)ccc12.Cc1c(C(C)(C)C)sc2cc(C#N)ccc12.Cc1c(C(C)(C)C)sc2cc(C(F)(F)F)ccc12.Cc1c(C(C)(C)C)sc2ccccc12.Cc1sc2cc(-c3ccc(C(F)(F)F)cc3)ccc2c1C(C)(C)C. The first-order chi connectivity index (χ1) is 53.0. The van der Waals surface area contributed by atoms with Crippen LogP contribution in [0.5, 0.6) is 5.75 Å². The predicted molar refractivity (Wildman–Crippen MR) is 489 cm³/mol. The topological polar surface area (TPSA) is 33.0 Å². The number of alkyl halides is 6. The quantitative estimate of drug-likeness (QED) is 0.165. The lowest BCUT2D eigenvalue weighted by Gasteiger charge is -2.19. The Kier molecular flexibility index (Phi) is 26.3. The Bertz CT molecular complexity index is 5940. The number of thiophene rings is 6. The summed E-state index contributed by atoms with van der Waals surface area (Å²) in [6, 6.07) is 64.8. The van der Waals surface area contributed by atoms with Gasteiger partial charge in [0.05, 0.1) is 29.9 Å². The third-order valence-corrected chi connectivity index (χ3v) is 29.0. The summed E-state index contributed by atoms with van der Waals surface area (Å²) >= 11 is 10.8. The number of nitriles is 1. The molecule has 6 aromatic heterocycles. The van der Waals surface area contributed by atoms with Crippen LogP contribution in [0.2, 0.25) is 0 Å². The average Bonchev–Trinajstić information content (AvgIpc) is 1.65. The van der Waals surface area contributed by atoms with E-state index in [0.29, 0.717) is 4.70 Å². The molecular formula is C100H107F6NOS6. The van der Waals surface area contributed by atoms with Crippen molar-refractivity contribution in [3.05, 3.63) is 273 Å². The molecule has 9 aromatic carbocycles. The van der Waals surface area contributed by atoms with Crippen LogP contribution in [-0.4, -0.2) is 7.11 Å². The minimum atomic E-state index is -4.30. The van der Waals surface area contributed by atoms with E-state index < -0.39 is 23.5 Å². The van der Waals surface area contributed by atoms with Crippen LogP contribution in [-0.2, 0) is 44.8 Å². The van der Waals surface area contributed by atoms with Crippen molar-refractivity contribution in [2.24, 2.45) is 0 Å². The van der Waals surface area contributed by atoms with Gasteiger partial charge in [0.1, 0.15) is 5.75 Å². The van der Waals surface area contributed by atoms with Crippen LogP contribution in [0.15, 0.2) is 194 Å². The summed E-state index contributed by atoms with van der Waals surface area (Å²) in [6.45, 7) is 53.1. The Morgan fingerprint density at radius 3 is 0.947 bits per heavy atom. The van der Waals surface area contributed by atoms with Crippen LogP contribution in [0.3, 0.4) is 0 Å². The summed E-state index contributed by atoms with van der Waals surface area (Å²) in [5, 5.41) is 16.6. The highest BCUT2D eigenvalue weighted by molar-refractivity contribution is 7.21. The molecule has 0 aliphatic heterocycles. The molecule has 0 bridgehead atoms. The van der Waals surface area contributed by atoms with Gasteiger partial charge in [0.25, 0.3) is 0 Å². The maximum atomic E-state index is 12.7. The molecule has 0 fully saturated rings. The smallest absolute Gasteiger partial charge is 0.416 e. The molecule has 0 amide bonds. The monoisotopic (exact) mass is 1640 g/mol. The zero-order chi connectivity index (χ0) is 83.9. The lowest BCUT2D eigenvalue weighted by atomic mass is 9.85. The number of aryl methyl sites for hydroxylation is 6. The minimum absolute atomic E-state index is 0.0355. The highest BCUT2D eigenvalue weighted by Gasteiger charge is 2.33. The molecule has 0 saturated heterocycles. The molecule has 114 heavy (non-hydrogen) atoms. The number of benzene rings is 9. The molecule has 0 saturated carbocycles. The zero-order valence-electron chi connectivity index (χ0n) is 70.5. The molecular weight excluding hydrogens is 1540 g/mol. The maximum absolute atomic E-state index is 12.7. The number of nitrogens with zero attached hydrogens (tertiary/aromatic N) is 1. The third-order valence-electron chi connectivity index (χ3n) is 20.1. The molecule has 15 aromatic rings. The molecule has 0 N–H and O–H groups in total. The molecule has 0 unspecified atom stereocenters. The summed E-state index contributed by atoms with van der Waals surface area (Å²) in [5.74, 6) is 0.895. The van der Waals surface area contributed by atoms with Crippen molar-refractivity contribution >= 4 is 129 Å². The Hall–Kier alpha value is -8.39. The van der Waals surface area contributed by atoms with Crippen molar-refractivity contribution in [1.29, 1.82) is 5.26 Å². The molecule has 0 aliphatic rings. The molecule has 0 aliphatic carbocycles. The van der Waals surface area contributed by atoms with Crippen molar-refractivity contribution in [2.45, 2.75) is 211 Å². The zero-order valence-corrected chi connectivity index (χ0v) is 75.4. The van der Waals surface area contributed by atoms with E-state index in [2.05, 4.69) is 287 Å². The first-order valence-electron chi connectivity index (χ1n) is 38.5. The van der Waals surface area contributed by atoms with Gasteiger partial charge in [-0.05, 0) is 246 Å². The molecule has 14 heteroatoms. The van der Waals surface area contributed by atoms with Gasteiger partial charge in [-0.25, -0.2) is 0 Å². The average molecular weight is 1650 g/mol. The normalized spacial score (nSPS) is 12.3. The minimum Gasteiger partial charge on any atom is -0.497 e.